The number of rotatable bonds is 8. The number of carboxylic acids is 1. The van der Waals surface area contributed by atoms with E-state index in [1.54, 1.807) is 0 Å². The van der Waals surface area contributed by atoms with E-state index in [-0.39, 0.29) is 0 Å². The molecule has 186 valence electrons. The van der Waals surface area contributed by atoms with Crippen LogP contribution in [-0.2, 0) is 4.79 Å². The van der Waals surface area contributed by atoms with E-state index >= 15 is 0 Å². The van der Waals surface area contributed by atoms with Gasteiger partial charge in [-0.1, -0.05) is 0 Å². The molecule has 20 heteroatoms. The summed E-state index contributed by atoms with van der Waals surface area (Å²) in [4.78, 5) is 10.2. The zero-order valence-electron chi connectivity index (χ0n) is 13.7. The second-order valence-corrected chi connectivity index (χ2v) is 5.83. The molecule has 0 saturated heterocycles. The lowest BCUT2D eigenvalue weighted by Gasteiger charge is -2.44. The van der Waals surface area contributed by atoms with Crippen molar-refractivity contribution in [3.05, 3.63) is 0 Å². The number of carboxylic acid groups (broad SMARTS) is 1. The second kappa shape index (κ2) is 6.85. The van der Waals surface area contributed by atoms with Crippen molar-refractivity contribution in [1.82, 2.24) is 0 Å². The van der Waals surface area contributed by atoms with Gasteiger partial charge < -0.3 is 5.11 Å². The quantitative estimate of drug-likeness (QED) is 0.419. The van der Waals surface area contributed by atoms with Crippen LogP contribution in [0.1, 0.15) is 6.92 Å². The van der Waals surface area contributed by atoms with Gasteiger partial charge in [-0.25, -0.2) is 9.18 Å². The molecule has 0 aromatic rings. The maximum atomic E-state index is 13.3. The Balaban J connectivity index is 6.95. The third kappa shape index (κ3) is 3.34. The summed E-state index contributed by atoms with van der Waals surface area (Å²) in [5.74, 6) is -63.4. The van der Waals surface area contributed by atoms with Crippen LogP contribution < -0.4 is 0 Å². The molecule has 1 unspecified atom stereocenters. The Labute approximate surface area is 156 Å². The number of hydrogen-bond acceptors (Lipinski definition) is 1. The third-order valence-electron chi connectivity index (χ3n) is 3.71. The fourth-order valence-corrected chi connectivity index (χ4v) is 1.59. The first-order chi connectivity index (χ1) is 12.9. The van der Waals surface area contributed by atoms with Gasteiger partial charge in [0.15, 0.2) is 0 Å². The molecule has 0 amide bonds. The predicted octanol–water partition coefficient (Wildman–Crippen LogP) is 5.81. The number of halogens is 18. The SMILES string of the molecule is CC(F)(C(=O)O)C(F)(F)C(F)(F)C(F)(F)C(F)(F)C(F)(F)C(F)(F)C(F)(F)C(F)(F)F. The number of alkyl halides is 18. The molecule has 0 aliphatic heterocycles. The molecule has 0 bridgehead atoms. The molecule has 2 nitrogen and oxygen atoms in total. The summed E-state index contributed by atoms with van der Waals surface area (Å²) in [6.45, 7) is -1.19. The monoisotopic (exact) mass is 510 g/mol. The van der Waals surface area contributed by atoms with Gasteiger partial charge in [0.2, 0.25) is 0 Å². The normalized spacial score (nSPS) is 18.0. The molecular weight excluding hydrogens is 506 g/mol. The molecule has 31 heavy (non-hydrogen) atoms. The second-order valence-electron chi connectivity index (χ2n) is 5.83. The molecule has 0 aromatic carbocycles. The summed E-state index contributed by atoms with van der Waals surface area (Å²) in [6, 6.07) is 0. The molecule has 0 saturated carbocycles. The van der Waals surface area contributed by atoms with Crippen molar-refractivity contribution in [3.8, 4) is 0 Å². The topological polar surface area (TPSA) is 37.3 Å². The molecular formula is C11H4F18O2. The van der Waals surface area contributed by atoms with E-state index in [9.17, 15) is 83.8 Å². The van der Waals surface area contributed by atoms with Gasteiger partial charge >= 0.3 is 53.6 Å². The largest absolute Gasteiger partial charge is 0.479 e. The van der Waals surface area contributed by atoms with Crippen molar-refractivity contribution in [3.63, 3.8) is 0 Å². The molecule has 0 heterocycles. The molecule has 0 aliphatic carbocycles. The van der Waals surface area contributed by atoms with E-state index in [0.29, 0.717) is 0 Å². The standard InChI is InChI=1S/C11H4F18O2/c1-3(12,2(30)31)4(13,14)5(15,16)6(17,18)7(19,20)8(21,22)9(23,24)10(25,26)11(27,28)29/h1H3,(H,30,31). The van der Waals surface area contributed by atoms with Crippen LogP contribution >= 0.6 is 0 Å². The first kappa shape index (κ1) is 29.2. The average Bonchev–Trinajstić information content (AvgIpc) is 2.52. The minimum absolute atomic E-state index is 1.19. The summed E-state index contributed by atoms with van der Waals surface area (Å²) in [7, 11) is 0. The van der Waals surface area contributed by atoms with Crippen molar-refractivity contribution < 1.29 is 88.9 Å². The fourth-order valence-electron chi connectivity index (χ4n) is 1.59. The Hall–Kier alpha value is -1.79. The van der Waals surface area contributed by atoms with Gasteiger partial charge in [-0.05, 0) is 6.92 Å². The van der Waals surface area contributed by atoms with Crippen molar-refractivity contribution >= 4 is 5.97 Å². The fraction of sp³-hybridized carbons (Fsp3) is 0.909. The summed E-state index contributed by atoms with van der Waals surface area (Å²) in [5, 5.41) is 7.98. The van der Waals surface area contributed by atoms with Crippen LogP contribution in [0.2, 0.25) is 0 Å². The Bertz CT molecular complexity index is 702. The molecule has 0 radical (unpaired) electrons. The zero-order chi connectivity index (χ0) is 26.1. The Kier molecular flexibility index (Phi) is 6.46. The summed E-state index contributed by atoms with van der Waals surface area (Å²) in [6.07, 6.45) is -7.89. The van der Waals surface area contributed by atoms with Crippen molar-refractivity contribution in [2.75, 3.05) is 0 Å². The highest BCUT2D eigenvalue weighted by Gasteiger charge is 2.96. The number of carbonyl (C=O) groups is 1. The van der Waals surface area contributed by atoms with Gasteiger partial charge in [0.1, 0.15) is 0 Å². The molecule has 1 N–H and O–H groups in total. The Morgan fingerprint density at radius 3 is 0.839 bits per heavy atom. The van der Waals surface area contributed by atoms with E-state index in [1.807, 2.05) is 0 Å². The molecule has 0 fully saturated rings. The van der Waals surface area contributed by atoms with E-state index in [2.05, 4.69) is 0 Å². The highest BCUT2D eigenvalue weighted by Crippen LogP contribution is 2.65. The molecule has 0 rings (SSSR count). The van der Waals surface area contributed by atoms with E-state index in [4.69, 9.17) is 5.11 Å². The van der Waals surface area contributed by atoms with Gasteiger partial charge in [0.25, 0.3) is 5.67 Å². The van der Waals surface area contributed by atoms with Crippen LogP contribution in [0.25, 0.3) is 0 Å². The number of hydrogen-bond donors (Lipinski definition) is 1. The molecule has 1 atom stereocenters. The van der Waals surface area contributed by atoms with Crippen LogP contribution in [0.15, 0.2) is 0 Å². The predicted molar refractivity (Wildman–Crippen MR) is 57.8 cm³/mol. The van der Waals surface area contributed by atoms with Gasteiger partial charge in [0.05, 0.1) is 0 Å². The van der Waals surface area contributed by atoms with E-state index in [0.717, 1.165) is 0 Å². The van der Waals surface area contributed by atoms with Crippen LogP contribution in [0.5, 0.6) is 0 Å². The Morgan fingerprint density at radius 2 is 0.645 bits per heavy atom. The van der Waals surface area contributed by atoms with Gasteiger partial charge in [0, 0.05) is 0 Å². The maximum absolute atomic E-state index is 13.3. The third-order valence-corrected chi connectivity index (χ3v) is 3.71. The Morgan fingerprint density at radius 1 is 0.452 bits per heavy atom. The molecule has 0 aliphatic rings. The molecule has 0 spiro atoms. The van der Waals surface area contributed by atoms with Crippen LogP contribution in [-0.4, -0.2) is 64.4 Å². The number of aliphatic carboxylic acids is 1. The lowest BCUT2D eigenvalue weighted by Crippen LogP contribution is -2.76. The van der Waals surface area contributed by atoms with Gasteiger partial charge in [-0.3, -0.25) is 0 Å². The van der Waals surface area contributed by atoms with Crippen molar-refractivity contribution in [1.29, 1.82) is 0 Å². The van der Waals surface area contributed by atoms with Crippen LogP contribution in [0, 0.1) is 0 Å². The summed E-state index contributed by atoms with van der Waals surface area (Å²) < 4.78 is 232. The zero-order valence-corrected chi connectivity index (χ0v) is 13.7. The van der Waals surface area contributed by atoms with Crippen molar-refractivity contribution in [2.24, 2.45) is 0 Å². The summed E-state index contributed by atoms with van der Waals surface area (Å²) >= 11 is 0. The average molecular weight is 510 g/mol. The van der Waals surface area contributed by atoms with E-state index < -0.39 is 66.2 Å². The van der Waals surface area contributed by atoms with Crippen molar-refractivity contribution in [2.45, 2.75) is 60.2 Å². The minimum atomic E-state index is -8.89. The lowest BCUT2D eigenvalue weighted by molar-refractivity contribution is -0.464. The first-order valence-corrected chi connectivity index (χ1v) is 6.58. The van der Waals surface area contributed by atoms with Gasteiger partial charge in [-0.15, -0.1) is 0 Å². The minimum Gasteiger partial charge on any atom is -0.479 e. The maximum Gasteiger partial charge on any atom is 0.460 e. The first-order valence-electron chi connectivity index (χ1n) is 6.58. The highest BCUT2D eigenvalue weighted by molar-refractivity contribution is 5.78. The van der Waals surface area contributed by atoms with Crippen LogP contribution in [0.4, 0.5) is 79.0 Å². The smallest absolute Gasteiger partial charge is 0.460 e. The molecule has 0 aromatic heterocycles. The highest BCUT2D eigenvalue weighted by atomic mass is 19.4. The van der Waals surface area contributed by atoms with E-state index in [1.165, 1.54) is 0 Å². The van der Waals surface area contributed by atoms with Gasteiger partial charge in [-0.2, -0.15) is 74.6 Å². The summed E-state index contributed by atoms with van der Waals surface area (Å²) in [5.41, 5.74) is -6.01. The van der Waals surface area contributed by atoms with Crippen LogP contribution in [0.3, 0.4) is 0 Å². The lowest BCUT2D eigenvalue weighted by atomic mass is 9.84.